The molecule has 138 valence electrons. The molecule has 3 N–H and O–H groups in total. The molecule has 1 saturated heterocycles. The van der Waals surface area contributed by atoms with Gasteiger partial charge in [0.15, 0.2) is 5.78 Å². The minimum absolute atomic E-state index is 0.190. The Morgan fingerprint density at radius 1 is 1.12 bits per heavy atom. The molecule has 4 aliphatic rings. The quantitative estimate of drug-likeness (QED) is 0.548. The van der Waals surface area contributed by atoms with E-state index < -0.39 is 46.9 Å². The Bertz CT molecular complexity index is 685. The van der Waals surface area contributed by atoms with Gasteiger partial charge in [0.1, 0.15) is 12.2 Å². The summed E-state index contributed by atoms with van der Waals surface area (Å²) in [6.45, 7) is 7.33. The number of aliphatic hydroxyl groups excluding tert-OH is 3. The Kier molecular flexibility index (Phi) is 3.39. The van der Waals surface area contributed by atoms with E-state index in [0.717, 1.165) is 5.57 Å². The monoisotopic (exact) mass is 350 g/mol. The summed E-state index contributed by atoms with van der Waals surface area (Å²) in [4.78, 5) is 25.0. The van der Waals surface area contributed by atoms with E-state index in [1.165, 1.54) is 6.08 Å². The van der Waals surface area contributed by atoms with E-state index in [0.29, 0.717) is 6.42 Å². The normalized spacial score (nSPS) is 57.5. The van der Waals surface area contributed by atoms with E-state index in [2.05, 4.69) is 0 Å². The van der Waals surface area contributed by atoms with Gasteiger partial charge in [0.2, 0.25) is 0 Å². The average Bonchev–Trinajstić information content (AvgIpc) is 2.78. The largest absolute Gasteiger partial charge is 0.461 e. The number of ketones is 1. The predicted molar refractivity (Wildman–Crippen MR) is 87.1 cm³/mol. The van der Waals surface area contributed by atoms with Crippen LogP contribution < -0.4 is 0 Å². The maximum Gasteiger partial charge on any atom is 0.310 e. The number of hydrogen-bond donors (Lipinski definition) is 3. The minimum Gasteiger partial charge on any atom is -0.461 e. The van der Waals surface area contributed by atoms with Crippen LogP contribution in [0.15, 0.2) is 11.6 Å². The second-order valence-corrected chi connectivity index (χ2v) is 8.93. The molecule has 0 bridgehead atoms. The third kappa shape index (κ3) is 1.76. The Morgan fingerprint density at radius 3 is 2.40 bits per heavy atom. The highest BCUT2D eigenvalue weighted by atomic mass is 16.6. The van der Waals surface area contributed by atoms with Crippen molar-refractivity contribution in [1.29, 1.82) is 0 Å². The van der Waals surface area contributed by atoms with Crippen molar-refractivity contribution in [3.8, 4) is 0 Å². The molecule has 0 amide bonds. The molecule has 6 nitrogen and oxygen atoms in total. The molecule has 3 fully saturated rings. The number of ether oxygens (including phenoxy) is 1. The van der Waals surface area contributed by atoms with Gasteiger partial charge in [-0.3, -0.25) is 9.59 Å². The van der Waals surface area contributed by atoms with Crippen LogP contribution in [0.5, 0.6) is 0 Å². The highest BCUT2D eigenvalue weighted by Crippen LogP contribution is 2.68. The van der Waals surface area contributed by atoms with Gasteiger partial charge in [0.25, 0.3) is 0 Å². The van der Waals surface area contributed by atoms with Gasteiger partial charge in [-0.15, -0.1) is 0 Å². The Morgan fingerprint density at radius 2 is 1.76 bits per heavy atom. The summed E-state index contributed by atoms with van der Waals surface area (Å²) in [7, 11) is 0. The van der Waals surface area contributed by atoms with Gasteiger partial charge in [-0.1, -0.05) is 26.3 Å². The highest BCUT2D eigenvalue weighted by molar-refractivity contribution is 5.96. The molecule has 25 heavy (non-hydrogen) atoms. The van der Waals surface area contributed by atoms with Crippen molar-refractivity contribution in [3.63, 3.8) is 0 Å². The first-order chi connectivity index (χ1) is 11.6. The van der Waals surface area contributed by atoms with Gasteiger partial charge < -0.3 is 20.1 Å². The lowest BCUT2D eigenvalue weighted by molar-refractivity contribution is -0.240. The number of carbonyl (C=O) groups is 2. The maximum atomic E-state index is 12.6. The highest BCUT2D eigenvalue weighted by Gasteiger charge is 2.75. The van der Waals surface area contributed by atoms with Crippen LogP contribution in [-0.4, -0.2) is 51.5 Å². The molecular formula is C19H26O6. The second-order valence-electron chi connectivity index (χ2n) is 8.93. The van der Waals surface area contributed by atoms with Crippen LogP contribution in [-0.2, 0) is 14.3 Å². The zero-order valence-corrected chi connectivity index (χ0v) is 15.0. The van der Waals surface area contributed by atoms with Crippen molar-refractivity contribution < 1.29 is 29.6 Å². The van der Waals surface area contributed by atoms with E-state index in [9.17, 15) is 24.9 Å². The van der Waals surface area contributed by atoms with Crippen LogP contribution in [0.3, 0.4) is 0 Å². The summed E-state index contributed by atoms with van der Waals surface area (Å²) < 4.78 is 5.70. The fourth-order valence-corrected chi connectivity index (χ4v) is 6.82. The van der Waals surface area contributed by atoms with Crippen LogP contribution in [0.25, 0.3) is 0 Å². The standard InChI is InChI=1S/C19H26O6/c1-7-5-10(20)16(23)18(3)9(7)6-11-19(4)12(17(24)25-11)8(2)13(21)14(22)15(18)19/h5,8-9,11-16,21-23H,6H2,1-4H3/t8-,9+,11-,12-,13-,14+,15-,16-,18+,19+/m1/s1. The number of allylic oxidation sites excluding steroid dienone is 1. The predicted octanol–water partition coefficient (Wildman–Crippen LogP) is 0.438. The maximum absolute atomic E-state index is 12.6. The fourth-order valence-electron chi connectivity index (χ4n) is 6.82. The SMILES string of the molecule is CC1=CC(=O)[C@@H](O)[C@]2(C)[C@H]3[C@@H](O)[C@H](O)[C@H](C)[C@@H]4C(=O)O[C@H](C[C@@H]12)[C@]34C. The molecular weight excluding hydrogens is 324 g/mol. The first kappa shape index (κ1) is 17.2. The van der Waals surface area contributed by atoms with Gasteiger partial charge in [-0.05, 0) is 31.3 Å². The third-order valence-electron chi connectivity index (χ3n) is 7.95. The lowest BCUT2D eigenvalue weighted by atomic mass is 9.40. The number of rotatable bonds is 0. The van der Waals surface area contributed by atoms with Crippen LogP contribution in [0.1, 0.15) is 34.1 Å². The topological polar surface area (TPSA) is 104 Å². The number of fused-ring (bicyclic) bond motifs is 2. The third-order valence-corrected chi connectivity index (χ3v) is 7.95. The minimum atomic E-state index is -1.27. The number of carbonyl (C=O) groups excluding carboxylic acids is 2. The molecule has 0 aromatic carbocycles. The summed E-state index contributed by atoms with van der Waals surface area (Å²) in [5.41, 5.74) is -0.840. The van der Waals surface area contributed by atoms with Crippen molar-refractivity contribution in [2.75, 3.05) is 0 Å². The first-order valence-electron chi connectivity index (χ1n) is 9.03. The summed E-state index contributed by atoms with van der Waals surface area (Å²) in [5, 5.41) is 32.4. The van der Waals surface area contributed by atoms with Crippen molar-refractivity contribution >= 4 is 11.8 Å². The smallest absolute Gasteiger partial charge is 0.310 e. The van der Waals surface area contributed by atoms with Crippen LogP contribution in [0.4, 0.5) is 0 Å². The molecule has 4 rings (SSSR count). The number of hydrogen-bond acceptors (Lipinski definition) is 6. The van der Waals surface area contributed by atoms with Crippen molar-refractivity contribution in [2.45, 2.75) is 58.5 Å². The molecule has 0 radical (unpaired) electrons. The molecule has 3 aliphatic carbocycles. The molecule has 1 heterocycles. The van der Waals surface area contributed by atoms with Crippen molar-refractivity contribution in [3.05, 3.63) is 11.6 Å². The molecule has 0 spiro atoms. The summed E-state index contributed by atoms with van der Waals surface area (Å²) in [6.07, 6.45) is -1.90. The lowest BCUT2D eigenvalue weighted by Gasteiger charge is -2.64. The van der Waals surface area contributed by atoms with Crippen LogP contribution in [0, 0.1) is 34.5 Å². The molecule has 0 aromatic rings. The Balaban J connectivity index is 1.95. The zero-order valence-electron chi connectivity index (χ0n) is 15.0. The van der Waals surface area contributed by atoms with E-state index >= 15 is 0 Å². The van der Waals surface area contributed by atoms with E-state index in [1.807, 2.05) is 20.8 Å². The molecule has 2 saturated carbocycles. The Labute approximate surface area is 146 Å². The first-order valence-corrected chi connectivity index (χ1v) is 9.03. The Hall–Kier alpha value is -1.24. The molecule has 1 aliphatic heterocycles. The van der Waals surface area contributed by atoms with Crippen molar-refractivity contribution in [1.82, 2.24) is 0 Å². The van der Waals surface area contributed by atoms with Gasteiger partial charge in [0, 0.05) is 16.7 Å². The van der Waals surface area contributed by atoms with E-state index in [1.54, 1.807) is 6.92 Å². The average molecular weight is 350 g/mol. The number of aliphatic hydroxyl groups is 3. The second kappa shape index (κ2) is 4.93. The van der Waals surface area contributed by atoms with Crippen molar-refractivity contribution in [2.24, 2.45) is 34.5 Å². The molecule has 6 heteroatoms. The molecule has 0 aromatic heterocycles. The van der Waals surface area contributed by atoms with E-state index in [-0.39, 0.29) is 23.8 Å². The zero-order chi connectivity index (χ0) is 18.5. The van der Waals surface area contributed by atoms with Gasteiger partial charge in [-0.2, -0.15) is 0 Å². The summed E-state index contributed by atoms with van der Waals surface area (Å²) in [5.74, 6) is -2.52. The fraction of sp³-hybridized carbons (Fsp3) is 0.789. The van der Waals surface area contributed by atoms with Gasteiger partial charge in [-0.25, -0.2) is 0 Å². The van der Waals surface area contributed by atoms with Crippen LogP contribution >= 0.6 is 0 Å². The molecule has 10 atom stereocenters. The summed E-state index contributed by atoms with van der Waals surface area (Å²) in [6, 6.07) is 0. The van der Waals surface area contributed by atoms with E-state index in [4.69, 9.17) is 4.74 Å². The van der Waals surface area contributed by atoms with Gasteiger partial charge in [0.05, 0.1) is 18.1 Å². The molecule has 0 unspecified atom stereocenters. The van der Waals surface area contributed by atoms with Crippen LogP contribution in [0.2, 0.25) is 0 Å². The van der Waals surface area contributed by atoms with Gasteiger partial charge >= 0.3 is 5.97 Å². The lowest BCUT2D eigenvalue weighted by Crippen LogP contribution is -2.70. The number of esters is 1. The summed E-state index contributed by atoms with van der Waals surface area (Å²) >= 11 is 0.